The van der Waals surface area contributed by atoms with Crippen molar-refractivity contribution in [2.24, 2.45) is 5.92 Å². The van der Waals surface area contributed by atoms with E-state index < -0.39 is 32.2 Å². The van der Waals surface area contributed by atoms with E-state index in [4.69, 9.17) is 16.3 Å². The Bertz CT molecular complexity index is 1620. The van der Waals surface area contributed by atoms with Crippen LogP contribution >= 0.6 is 11.6 Å². The van der Waals surface area contributed by atoms with Crippen molar-refractivity contribution in [1.29, 1.82) is 0 Å². The first-order chi connectivity index (χ1) is 19.8. The molecule has 10 nitrogen and oxygen atoms in total. The van der Waals surface area contributed by atoms with E-state index in [1.165, 1.54) is 59.9 Å². The molecule has 4 rings (SSSR count). The van der Waals surface area contributed by atoms with Crippen LogP contribution in [0.2, 0.25) is 5.02 Å². The molecule has 2 N–H and O–H groups in total. The van der Waals surface area contributed by atoms with Crippen molar-refractivity contribution < 1.29 is 31.5 Å². The number of aliphatic hydroxyl groups excluding tert-OH is 1. The van der Waals surface area contributed by atoms with E-state index in [9.17, 15) is 26.7 Å². The van der Waals surface area contributed by atoms with E-state index in [-0.39, 0.29) is 53.4 Å². The van der Waals surface area contributed by atoms with E-state index in [2.05, 4.69) is 4.72 Å². The molecule has 0 fully saturated rings. The van der Waals surface area contributed by atoms with Gasteiger partial charge in [0.1, 0.15) is 11.9 Å². The summed E-state index contributed by atoms with van der Waals surface area (Å²) in [7, 11) is -6.30. The molecule has 1 amide bonds. The smallest absolute Gasteiger partial charge is 0.261 e. The molecule has 0 aromatic heterocycles. The van der Waals surface area contributed by atoms with Gasteiger partial charge in [-0.15, -0.1) is 0 Å². The zero-order valence-corrected chi connectivity index (χ0v) is 25.9. The molecule has 13 heteroatoms. The fourth-order valence-corrected chi connectivity index (χ4v) is 7.04. The van der Waals surface area contributed by atoms with Gasteiger partial charge in [0.2, 0.25) is 15.9 Å². The minimum absolute atomic E-state index is 0.0156. The number of sulfonamides is 2. The van der Waals surface area contributed by atoms with E-state index in [1.54, 1.807) is 36.1 Å². The van der Waals surface area contributed by atoms with E-state index in [0.717, 1.165) is 0 Å². The third kappa shape index (κ3) is 7.24. The van der Waals surface area contributed by atoms with Gasteiger partial charge in [0.05, 0.1) is 35.4 Å². The molecular formula is C29H34ClN3O7S2. The molecule has 0 aliphatic carbocycles. The number of hydrogen-bond acceptors (Lipinski definition) is 7. The number of halogens is 1. The number of ether oxygens (including phenoxy) is 1. The normalized spacial score (nSPS) is 18.8. The van der Waals surface area contributed by atoms with Gasteiger partial charge in [0.15, 0.2) is 0 Å². The monoisotopic (exact) mass is 635 g/mol. The summed E-state index contributed by atoms with van der Waals surface area (Å²) in [5.41, 5.74) is 0.633. The second-order valence-corrected chi connectivity index (χ2v) is 14.5. The lowest BCUT2D eigenvalue weighted by atomic mass is 10.0. The van der Waals surface area contributed by atoms with Gasteiger partial charge in [0.25, 0.3) is 10.0 Å². The molecule has 226 valence electrons. The van der Waals surface area contributed by atoms with Gasteiger partial charge >= 0.3 is 0 Å². The van der Waals surface area contributed by atoms with Gasteiger partial charge in [-0.05, 0) is 61.5 Å². The summed E-state index contributed by atoms with van der Waals surface area (Å²) in [6.07, 6.45) is -0.795. The Balaban J connectivity index is 1.68. The summed E-state index contributed by atoms with van der Waals surface area (Å²) in [6.45, 7) is 3.52. The van der Waals surface area contributed by atoms with Crippen LogP contribution in [-0.4, -0.2) is 75.9 Å². The second-order valence-electron chi connectivity index (χ2n) is 10.4. The summed E-state index contributed by atoms with van der Waals surface area (Å²) in [6, 6.07) is 17.9. The Labute approximate surface area is 252 Å². The number of rotatable bonds is 9. The van der Waals surface area contributed by atoms with Crippen molar-refractivity contribution in [2.75, 3.05) is 31.5 Å². The van der Waals surface area contributed by atoms with Crippen molar-refractivity contribution >= 4 is 43.2 Å². The number of aliphatic hydroxyl groups is 1. The second kappa shape index (κ2) is 13.0. The zero-order chi connectivity index (χ0) is 30.7. The fraction of sp³-hybridized carbons (Fsp3) is 0.345. The molecule has 3 atom stereocenters. The highest BCUT2D eigenvalue weighted by atomic mass is 35.5. The number of carbonyl (C=O) groups excluding carboxylic acids is 1. The predicted octanol–water partition coefficient (Wildman–Crippen LogP) is 3.61. The summed E-state index contributed by atoms with van der Waals surface area (Å²) in [5.74, 6) is -0.277. The van der Waals surface area contributed by atoms with Crippen LogP contribution in [0.25, 0.3) is 0 Å². The highest BCUT2D eigenvalue weighted by molar-refractivity contribution is 7.92. The molecule has 1 heterocycles. The summed E-state index contributed by atoms with van der Waals surface area (Å²) in [4.78, 5) is 15.2. The molecule has 1 aliphatic heterocycles. The van der Waals surface area contributed by atoms with Crippen LogP contribution in [0.15, 0.2) is 82.6 Å². The number of carbonyl (C=O) groups is 1. The molecular weight excluding hydrogens is 602 g/mol. The number of hydrogen-bond donors (Lipinski definition) is 2. The topological polar surface area (TPSA) is 133 Å². The first kappa shape index (κ1) is 31.8. The van der Waals surface area contributed by atoms with Crippen LogP contribution in [0.4, 0.5) is 5.69 Å². The zero-order valence-electron chi connectivity index (χ0n) is 23.5. The third-order valence-corrected chi connectivity index (χ3v) is 10.7. The Morgan fingerprint density at radius 3 is 2.36 bits per heavy atom. The van der Waals surface area contributed by atoms with Crippen LogP contribution < -0.4 is 9.46 Å². The van der Waals surface area contributed by atoms with E-state index >= 15 is 0 Å². The third-order valence-electron chi connectivity index (χ3n) is 7.18. The molecule has 1 aliphatic rings. The summed E-state index contributed by atoms with van der Waals surface area (Å²) in [5, 5.41) is 10.3. The number of nitrogens with one attached hydrogen (secondary N) is 1. The first-order valence-corrected chi connectivity index (χ1v) is 16.6. The van der Waals surface area contributed by atoms with Crippen LogP contribution in [0.5, 0.6) is 5.75 Å². The quantitative estimate of drug-likeness (QED) is 0.367. The van der Waals surface area contributed by atoms with Crippen molar-refractivity contribution in [1.82, 2.24) is 9.21 Å². The number of anilines is 1. The van der Waals surface area contributed by atoms with Crippen molar-refractivity contribution in [3.05, 3.63) is 83.4 Å². The van der Waals surface area contributed by atoms with Gasteiger partial charge in [-0.1, -0.05) is 36.7 Å². The molecule has 3 aromatic rings. The van der Waals surface area contributed by atoms with Crippen LogP contribution in [0, 0.1) is 5.92 Å². The predicted molar refractivity (Wildman–Crippen MR) is 161 cm³/mol. The Morgan fingerprint density at radius 2 is 1.71 bits per heavy atom. The Hall–Kier alpha value is -3.16. The number of benzene rings is 3. The molecule has 0 saturated heterocycles. The molecule has 0 spiro atoms. The van der Waals surface area contributed by atoms with Crippen LogP contribution in [0.1, 0.15) is 19.4 Å². The standard InChI is InChI=1S/C29H34ClN3O7S2/c1-20-17-33(21(2)19-34)29(35)16-22-15-24(31-41(36,37)25-12-9-23(30)10-13-25)11-14-27(22)40-28(20)18-32(3)42(38,39)26-7-5-4-6-8-26/h4-15,20-21,28,31,34H,16-19H2,1-3H3/t20-,21-,28+/m0/s1. The molecule has 42 heavy (non-hydrogen) atoms. The first-order valence-electron chi connectivity index (χ1n) is 13.3. The minimum Gasteiger partial charge on any atom is -0.488 e. The maximum Gasteiger partial charge on any atom is 0.261 e. The number of likely N-dealkylation sites (N-methyl/N-ethyl adjacent to an activating group) is 1. The molecule has 0 radical (unpaired) electrons. The van der Waals surface area contributed by atoms with Gasteiger partial charge in [-0.25, -0.2) is 16.8 Å². The van der Waals surface area contributed by atoms with Gasteiger partial charge in [-0.2, -0.15) is 4.31 Å². The minimum atomic E-state index is -3.95. The van der Waals surface area contributed by atoms with Crippen LogP contribution in [-0.2, 0) is 31.3 Å². The average Bonchev–Trinajstić information content (AvgIpc) is 3.00. The Kier molecular flexibility index (Phi) is 9.84. The van der Waals surface area contributed by atoms with Crippen molar-refractivity contribution in [3.63, 3.8) is 0 Å². The van der Waals surface area contributed by atoms with Crippen LogP contribution in [0.3, 0.4) is 0 Å². The molecule has 0 saturated carbocycles. The van der Waals surface area contributed by atoms with Gasteiger partial charge in [0, 0.05) is 35.8 Å². The molecule has 0 bridgehead atoms. The van der Waals surface area contributed by atoms with Crippen molar-refractivity contribution in [2.45, 2.75) is 42.2 Å². The number of fused-ring (bicyclic) bond motifs is 1. The molecule has 0 unspecified atom stereocenters. The SMILES string of the molecule is C[C@H]1CN([C@@H](C)CO)C(=O)Cc2cc(NS(=O)(=O)c3ccc(Cl)cc3)ccc2O[C@@H]1CN(C)S(=O)(=O)c1ccccc1. The average molecular weight is 636 g/mol. The summed E-state index contributed by atoms with van der Waals surface area (Å²) >= 11 is 5.89. The van der Waals surface area contributed by atoms with Gasteiger partial charge in [-0.3, -0.25) is 9.52 Å². The summed E-state index contributed by atoms with van der Waals surface area (Å²) < 4.78 is 62.6. The Morgan fingerprint density at radius 1 is 1.05 bits per heavy atom. The lowest BCUT2D eigenvalue weighted by Gasteiger charge is -2.33. The lowest BCUT2D eigenvalue weighted by Crippen LogP contribution is -2.48. The highest BCUT2D eigenvalue weighted by Crippen LogP contribution is 2.31. The van der Waals surface area contributed by atoms with Crippen molar-refractivity contribution in [3.8, 4) is 5.75 Å². The number of nitrogens with zero attached hydrogens (tertiary/aromatic N) is 2. The lowest BCUT2D eigenvalue weighted by molar-refractivity contribution is -0.134. The van der Waals surface area contributed by atoms with E-state index in [0.29, 0.717) is 16.3 Å². The number of amides is 1. The maximum absolute atomic E-state index is 13.5. The fourth-order valence-electron chi connectivity index (χ4n) is 4.66. The maximum atomic E-state index is 13.5. The van der Waals surface area contributed by atoms with E-state index in [1.807, 2.05) is 6.92 Å². The highest BCUT2D eigenvalue weighted by Gasteiger charge is 2.33. The largest absolute Gasteiger partial charge is 0.488 e. The molecule has 3 aromatic carbocycles. The van der Waals surface area contributed by atoms with Gasteiger partial charge < -0.3 is 14.7 Å².